The fourth-order valence-electron chi connectivity index (χ4n) is 6.67. The van der Waals surface area contributed by atoms with Crippen LogP contribution in [0.25, 0.3) is 0 Å². The molecule has 0 spiro atoms. The highest BCUT2D eigenvalue weighted by molar-refractivity contribution is 5.77. The summed E-state index contributed by atoms with van der Waals surface area (Å²) < 4.78 is 31.5. The zero-order valence-corrected chi connectivity index (χ0v) is 38.2. The molecule has 0 heterocycles. The van der Waals surface area contributed by atoms with Crippen LogP contribution in [-0.2, 0) is 38.0 Å². The van der Waals surface area contributed by atoms with Crippen LogP contribution in [0.5, 0.6) is 0 Å². The number of carbonyl (C=O) groups is 4. The van der Waals surface area contributed by atoms with Crippen molar-refractivity contribution in [2.24, 2.45) is 0 Å². The van der Waals surface area contributed by atoms with E-state index in [1.54, 1.807) is 7.11 Å². The lowest BCUT2D eigenvalue weighted by Gasteiger charge is -2.19. The van der Waals surface area contributed by atoms with Crippen LogP contribution in [0.2, 0.25) is 0 Å². The summed E-state index contributed by atoms with van der Waals surface area (Å²) >= 11 is 0. The molecule has 59 heavy (non-hydrogen) atoms. The summed E-state index contributed by atoms with van der Waals surface area (Å²) in [5.41, 5.74) is 0. The standard InChI is InChI=1S/C47H90N2O10/c1-4-6-8-10-12-14-16-18-20-22-24-26-28-30-36-57-46(52)48-41-43(42-59-45(51)34-33-44(50)56-38-32-35-55-40-39-54-3)49-47(53)58-37-31-29-27-25-23-21-19-17-15-13-11-9-7-5-2/h43H,4-42H2,1-3H3,(H,48,52)(H,49,53). The number of amides is 2. The van der Waals surface area contributed by atoms with Crippen molar-refractivity contribution in [1.82, 2.24) is 10.6 Å². The molecule has 0 aliphatic heterocycles. The second-order valence-corrected chi connectivity index (χ2v) is 16.0. The van der Waals surface area contributed by atoms with Gasteiger partial charge in [0.25, 0.3) is 0 Å². The Morgan fingerprint density at radius 1 is 0.407 bits per heavy atom. The van der Waals surface area contributed by atoms with Crippen molar-refractivity contribution < 1.29 is 47.6 Å². The molecule has 0 aromatic heterocycles. The van der Waals surface area contributed by atoms with Crippen LogP contribution in [-0.4, -0.2) is 90.1 Å². The van der Waals surface area contributed by atoms with Gasteiger partial charge in [-0.2, -0.15) is 0 Å². The number of methoxy groups -OCH3 is 1. The van der Waals surface area contributed by atoms with Crippen molar-refractivity contribution in [2.75, 3.05) is 59.9 Å². The van der Waals surface area contributed by atoms with Gasteiger partial charge in [0.1, 0.15) is 6.61 Å². The maximum absolute atomic E-state index is 12.6. The Bertz CT molecular complexity index is 954. The highest BCUT2D eigenvalue weighted by atomic mass is 16.6. The summed E-state index contributed by atoms with van der Waals surface area (Å²) in [7, 11) is 1.60. The van der Waals surface area contributed by atoms with Gasteiger partial charge in [-0.1, -0.05) is 181 Å². The molecule has 0 saturated carbocycles. The SMILES string of the molecule is CCCCCCCCCCCCCCCCOC(=O)NCC(COC(=O)CCC(=O)OCCCOCCOC)NC(=O)OCCCCCCCCCCCCCCCC. The molecule has 12 heteroatoms. The number of esters is 2. The van der Waals surface area contributed by atoms with Crippen LogP contribution in [0.15, 0.2) is 0 Å². The van der Waals surface area contributed by atoms with Crippen LogP contribution < -0.4 is 10.6 Å². The average molecular weight is 843 g/mol. The monoisotopic (exact) mass is 843 g/mol. The molecule has 1 atom stereocenters. The van der Waals surface area contributed by atoms with Gasteiger partial charge in [0.2, 0.25) is 0 Å². The minimum atomic E-state index is -0.749. The number of rotatable bonds is 45. The van der Waals surface area contributed by atoms with Gasteiger partial charge in [0, 0.05) is 26.7 Å². The number of alkyl carbamates (subject to hydrolysis) is 2. The Labute approximate surface area is 360 Å². The van der Waals surface area contributed by atoms with Crippen LogP contribution in [0.3, 0.4) is 0 Å². The molecule has 2 amide bonds. The van der Waals surface area contributed by atoms with E-state index in [0.29, 0.717) is 32.8 Å². The van der Waals surface area contributed by atoms with Gasteiger partial charge in [-0.05, 0) is 12.8 Å². The fraction of sp³-hybridized carbons (Fsp3) is 0.915. The number of hydrogen-bond acceptors (Lipinski definition) is 10. The van der Waals surface area contributed by atoms with E-state index in [0.717, 1.165) is 38.5 Å². The van der Waals surface area contributed by atoms with E-state index in [4.69, 9.17) is 28.4 Å². The molecule has 0 bridgehead atoms. The topological polar surface area (TPSA) is 148 Å². The van der Waals surface area contributed by atoms with Crippen LogP contribution in [0.4, 0.5) is 9.59 Å². The Morgan fingerprint density at radius 3 is 1.24 bits per heavy atom. The normalized spacial score (nSPS) is 11.6. The van der Waals surface area contributed by atoms with Gasteiger partial charge in [-0.3, -0.25) is 9.59 Å². The van der Waals surface area contributed by atoms with E-state index in [2.05, 4.69) is 24.5 Å². The molecule has 1 unspecified atom stereocenters. The molecule has 0 aromatic carbocycles. The predicted octanol–water partition coefficient (Wildman–Crippen LogP) is 11.7. The quantitative estimate of drug-likeness (QED) is 0.0345. The second kappa shape index (κ2) is 46.5. The molecular formula is C47H90N2O10. The van der Waals surface area contributed by atoms with E-state index in [1.807, 2.05) is 0 Å². The maximum atomic E-state index is 12.6. The third-order valence-electron chi connectivity index (χ3n) is 10.4. The zero-order valence-electron chi connectivity index (χ0n) is 38.2. The van der Waals surface area contributed by atoms with Crippen molar-refractivity contribution in [3.05, 3.63) is 0 Å². The van der Waals surface area contributed by atoms with Gasteiger partial charge in [-0.25, -0.2) is 9.59 Å². The lowest BCUT2D eigenvalue weighted by molar-refractivity contribution is -0.150. The van der Waals surface area contributed by atoms with Crippen molar-refractivity contribution in [2.45, 2.75) is 219 Å². The van der Waals surface area contributed by atoms with Crippen molar-refractivity contribution in [1.29, 1.82) is 0 Å². The minimum absolute atomic E-state index is 0.0205. The summed E-state index contributed by atoms with van der Waals surface area (Å²) in [6.07, 6.45) is 33.9. The maximum Gasteiger partial charge on any atom is 0.407 e. The Kier molecular flexibility index (Phi) is 44.4. The summed E-state index contributed by atoms with van der Waals surface area (Å²) in [6.45, 7) is 6.48. The number of ether oxygens (including phenoxy) is 6. The lowest BCUT2D eigenvalue weighted by Crippen LogP contribution is -2.47. The average Bonchev–Trinajstić information content (AvgIpc) is 3.23. The zero-order chi connectivity index (χ0) is 43.1. The molecular weight excluding hydrogens is 753 g/mol. The molecule has 0 radical (unpaired) electrons. The predicted molar refractivity (Wildman–Crippen MR) is 237 cm³/mol. The van der Waals surface area contributed by atoms with Crippen LogP contribution in [0, 0.1) is 0 Å². The molecule has 0 aliphatic carbocycles. The molecule has 348 valence electrons. The Balaban J connectivity index is 4.37. The third kappa shape index (κ3) is 44.8. The highest BCUT2D eigenvalue weighted by Crippen LogP contribution is 2.14. The van der Waals surface area contributed by atoms with Gasteiger partial charge in [0.05, 0.1) is 51.9 Å². The molecule has 0 rings (SSSR count). The number of unbranched alkanes of at least 4 members (excludes halogenated alkanes) is 26. The second-order valence-electron chi connectivity index (χ2n) is 16.0. The minimum Gasteiger partial charge on any atom is -0.466 e. The van der Waals surface area contributed by atoms with E-state index >= 15 is 0 Å². The first-order valence-electron chi connectivity index (χ1n) is 24.1. The third-order valence-corrected chi connectivity index (χ3v) is 10.4. The molecule has 12 nitrogen and oxygen atoms in total. The van der Waals surface area contributed by atoms with Gasteiger partial charge in [-0.15, -0.1) is 0 Å². The number of nitrogens with one attached hydrogen (secondary N) is 2. The van der Waals surface area contributed by atoms with Crippen molar-refractivity contribution in [3.8, 4) is 0 Å². The van der Waals surface area contributed by atoms with E-state index < -0.39 is 30.2 Å². The van der Waals surface area contributed by atoms with E-state index in [1.165, 1.54) is 141 Å². The molecule has 0 aromatic rings. The van der Waals surface area contributed by atoms with E-state index in [9.17, 15) is 19.2 Å². The fourth-order valence-corrected chi connectivity index (χ4v) is 6.67. The summed E-state index contributed by atoms with van der Waals surface area (Å²) in [4.78, 5) is 49.5. The van der Waals surface area contributed by atoms with Crippen LogP contribution in [0.1, 0.15) is 213 Å². The molecule has 0 fully saturated rings. The van der Waals surface area contributed by atoms with Crippen molar-refractivity contribution >= 4 is 24.1 Å². The number of carbonyl (C=O) groups excluding carboxylic acids is 4. The van der Waals surface area contributed by atoms with Crippen molar-refractivity contribution in [3.63, 3.8) is 0 Å². The lowest BCUT2D eigenvalue weighted by atomic mass is 10.0. The Hall–Kier alpha value is -2.60. The summed E-state index contributed by atoms with van der Waals surface area (Å²) in [5, 5.41) is 5.36. The van der Waals surface area contributed by atoms with E-state index in [-0.39, 0.29) is 39.2 Å². The molecule has 2 N–H and O–H groups in total. The van der Waals surface area contributed by atoms with Gasteiger partial charge < -0.3 is 39.1 Å². The summed E-state index contributed by atoms with van der Waals surface area (Å²) in [6, 6.07) is -0.749. The largest absolute Gasteiger partial charge is 0.466 e. The first kappa shape index (κ1) is 56.4. The Morgan fingerprint density at radius 2 is 0.797 bits per heavy atom. The smallest absolute Gasteiger partial charge is 0.407 e. The molecule has 0 aliphatic rings. The molecule has 0 saturated heterocycles. The van der Waals surface area contributed by atoms with Gasteiger partial charge >= 0.3 is 24.1 Å². The first-order valence-corrected chi connectivity index (χ1v) is 24.1. The first-order chi connectivity index (χ1) is 28.9. The summed E-state index contributed by atoms with van der Waals surface area (Å²) in [5.74, 6) is -1.13. The highest BCUT2D eigenvalue weighted by Gasteiger charge is 2.18. The van der Waals surface area contributed by atoms with Gasteiger partial charge in [0.15, 0.2) is 0 Å². The number of hydrogen-bond donors (Lipinski definition) is 2. The van der Waals surface area contributed by atoms with Crippen LogP contribution >= 0.6 is 0 Å².